The second-order valence-corrected chi connectivity index (χ2v) is 7.70. The zero-order chi connectivity index (χ0) is 15.5. The molecule has 1 saturated carbocycles. The lowest BCUT2D eigenvalue weighted by atomic mass is 9.97. The Morgan fingerprint density at radius 2 is 1.86 bits per heavy atom. The molecule has 0 heterocycles. The molecule has 1 aliphatic rings. The molecule has 0 aromatic heterocycles. The summed E-state index contributed by atoms with van der Waals surface area (Å²) in [5, 5.41) is 0. The molecule has 0 atom stereocenters. The second-order valence-electron chi connectivity index (χ2n) is 5.96. The van der Waals surface area contributed by atoms with E-state index in [4.69, 9.17) is 5.73 Å². The van der Waals surface area contributed by atoms with Crippen molar-refractivity contribution in [2.75, 3.05) is 20.6 Å². The van der Waals surface area contributed by atoms with Gasteiger partial charge in [0.25, 0.3) is 0 Å². The number of hydrogen-bond acceptors (Lipinski definition) is 4. The summed E-state index contributed by atoms with van der Waals surface area (Å²) in [6.07, 6.45) is 4.36. The third-order valence-electron chi connectivity index (χ3n) is 4.56. The molecule has 1 aliphatic carbocycles. The van der Waals surface area contributed by atoms with Crippen molar-refractivity contribution in [2.24, 2.45) is 5.73 Å². The average Bonchev–Trinajstić information content (AvgIpc) is 2.95. The summed E-state index contributed by atoms with van der Waals surface area (Å²) in [5.74, 6) is 0. The normalized spacial score (nSPS) is 18.3. The Hall–Kier alpha value is -0.950. The lowest BCUT2D eigenvalue weighted by Gasteiger charge is -2.36. The number of likely N-dealkylation sites (N-methyl/N-ethyl adjacent to an activating group) is 1. The summed E-state index contributed by atoms with van der Waals surface area (Å²) < 4.78 is 27.9. The van der Waals surface area contributed by atoms with Gasteiger partial charge in [0, 0.05) is 18.6 Å². The highest BCUT2D eigenvalue weighted by molar-refractivity contribution is 7.89. The maximum absolute atomic E-state index is 12.5. The van der Waals surface area contributed by atoms with Gasteiger partial charge in [-0.15, -0.1) is 0 Å². The van der Waals surface area contributed by atoms with Crippen LogP contribution in [0.25, 0.3) is 0 Å². The molecular weight excluding hydrogens is 286 g/mol. The fourth-order valence-corrected chi connectivity index (χ4v) is 4.43. The van der Waals surface area contributed by atoms with Crippen molar-refractivity contribution in [1.82, 2.24) is 9.62 Å². The van der Waals surface area contributed by atoms with Gasteiger partial charge in [-0.2, -0.15) is 0 Å². The van der Waals surface area contributed by atoms with Gasteiger partial charge in [-0.1, -0.05) is 31.0 Å². The molecular formula is C15H25N3O2S. The summed E-state index contributed by atoms with van der Waals surface area (Å²) in [6.45, 7) is 0.664. The smallest absolute Gasteiger partial charge is 0.240 e. The highest BCUT2D eigenvalue weighted by Gasteiger charge is 2.37. The molecule has 0 radical (unpaired) electrons. The number of hydrogen-bond donors (Lipinski definition) is 2. The maximum atomic E-state index is 12.5. The molecule has 5 nitrogen and oxygen atoms in total. The third kappa shape index (κ3) is 3.45. The third-order valence-corrected chi connectivity index (χ3v) is 6.06. The van der Waals surface area contributed by atoms with Gasteiger partial charge >= 0.3 is 0 Å². The van der Waals surface area contributed by atoms with Crippen molar-refractivity contribution < 1.29 is 8.42 Å². The molecule has 0 saturated heterocycles. The Kier molecular flexibility index (Phi) is 5.03. The maximum Gasteiger partial charge on any atom is 0.240 e. The Labute approximate surface area is 127 Å². The fourth-order valence-electron chi connectivity index (χ4n) is 3.06. The van der Waals surface area contributed by atoms with E-state index in [0.717, 1.165) is 25.7 Å². The standard InChI is InChI=1S/C15H25N3O2S/c1-18(2)15(9-5-6-10-15)12-17-21(19,20)14-8-4-3-7-13(14)11-16/h3-4,7-8,17H,5-6,9-12,16H2,1-2H3. The van der Waals surface area contributed by atoms with Crippen molar-refractivity contribution in [2.45, 2.75) is 42.7 Å². The summed E-state index contributed by atoms with van der Waals surface area (Å²) >= 11 is 0. The summed E-state index contributed by atoms with van der Waals surface area (Å²) in [5.41, 5.74) is 6.22. The van der Waals surface area contributed by atoms with Crippen LogP contribution in [0, 0.1) is 0 Å². The van der Waals surface area contributed by atoms with E-state index in [-0.39, 0.29) is 12.1 Å². The molecule has 0 unspecified atom stereocenters. The van der Waals surface area contributed by atoms with Gasteiger partial charge in [-0.3, -0.25) is 0 Å². The van der Waals surface area contributed by atoms with Gasteiger partial charge in [-0.25, -0.2) is 13.1 Å². The zero-order valence-corrected chi connectivity index (χ0v) is 13.6. The van der Waals surface area contributed by atoms with Crippen LogP contribution in [0.15, 0.2) is 29.2 Å². The molecule has 1 fully saturated rings. The van der Waals surface area contributed by atoms with Gasteiger partial charge < -0.3 is 10.6 Å². The van der Waals surface area contributed by atoms with Crippen molar-refractivity contribution in [3.63, 3.8) is 0 Å². The second kappa shape index (κ2) is 6.44. The number of rotatable bonds is 6. The van der Waals surface area contributed by atoms with Gasteiger partial charge in [0.05, 0.1) is 4.90 Å². The van der Waals surface area contributed by atoms with Crippen LogP contribution in [0.3, 0.4) is 0 Å². The highest BCUT2D eigenvalue weighted by atomic mass is 32.2. The predicted octanol–water partition coefficient (Wildman–Crippen LogP) is 1.30. The van der Waals surface area contributed by atoms with E-state index in [1.807, 2.05) is 14.1 Å². The minimum atomic E-state index is -3.52. The van der Waals surface area contributed by atoms with Crippen molar-refractivity contribution in [3.8, 4) is 0 Å². The number of benzene rings is 1. The van der Waals surface area contributed by atoms with Gasteiger partial charge in [0.2, 0.25) is 10.0 Å². The molecule has 0 amide bonds. The van der Waals surface area contributed by atoms with Crippen LogP contribution < -0.4 is 10.5 Å². The first-order valence-corrected chi connectivity index (χ1v) is 8.85. The topological polar surface area (TPSA) is 75.4 Å². The summed E-state index contributed by atoms with van der Waals surface area (Å²) in [7, 11) is 0.524. The Morgan fingerprint density at radius 3 is 2.43 bits per heavy atom. The summed E-state index contributed by atoms with van der Waals surface area (Å²) in [6, 6.07) is 6.90. The Bertz CT molecular complexity index is 578. The first kappa shape index (κ1) is 16.4. The lowest BCUT2D eigenvalue weighted by Crippen LogP contribution is -2.50. The molecule has 118 valence electrons. The van der Waals surface area contributed by atoms with Gasteiger partial charge in [-0.05, 0) is 38.6 Å². The quantitative estimate of drug-likeness (QED) is 0.830. The monoisotopic (exact) mass is 311 g/mol. The molecule has 2 rings (SSSR count). The Balaban J connectivity index is 2.18. The van der Waals surface area contributed by atoms with E-state index < -0.39 is 10.0 Å². The number of sulfonamides is 1. The number of nitrogens with one attached hydrogen (secondary N) is 1. The number of nitrogens with zero attached hydrogens (tertiary/aromatic N) is 1. The van der Waals surface area contributed by atoms with Crippen LogP contribution in [-0.2, 0) is 16.6 Å². The first-order valence-electron chi connectivity index (χ1n) is 7.36. The van der Waals surface area contributed by atoms with E-state index in [0.29, 0.717) is 17.0 Å². The van der Waals surface area contributed by atoms with Gasteiger partial charge in [0.15, 0.2) is 0 Å². The van der Waals surface area contributed by atoms with E-state index in [1.165, 1.54) is 0 Å². The summed E-state index contributed by atoms with van der Waals surface area (Å²) in [4.78, 5) is 2.44. The molecule has 3 N–H and O–H groups in total. The van der Waals surface area contributed by atoms with E-state index in [2.05, 4.69) is 9.62 Å². The molecule has 21 heavy (non-hydrogen) atoms. The number of nitrogens with two attached hydrogens (primary N) is 1. The van der Waals surface area contributed by atoms with Crippen LogP contribution in [0.4, 0.5) is 0 Å². The highest BCUT2D eigenvalue weighted by Crippen LogP contribution is 2.33. The Morgan fingerprint density at radius 1 is 1.24 bits per heavy atom. The van der Waals surface area contributed by atoms with Crippen LogP contribution in [0.1, 0.15) is 31.2 Å². The average molecular weight is 311 g/mol. The minimum absolute atomic E-state index is 0.0648. The first-order chi connectivity index (χ1) is 9.91. The van der Waals surface area contributed by atoms with Crippen molar-refractivity contribution in [3.05, 3.63) is 29.8 Å². The van der Waals surface area contributed by atoms with Gasteiger partial charge in [0.1, 0.15) is 0 Å². The molecule has 1 aromatic rings. The fraction of sp³-hybridized carbons (Fsp3) is 0.600. The zero-order valence-electron chi connectivity index (χ0n) is 12.8. The largest absolute Gasteiger partial charge is 0.326 e. The van der Waals surface area contributed by atoms with E-state index in [1.54, 1.807) is 24.3 Å². The molecule has 1 aromatic carbocycles. The van der Waals surface area contributed by atoms with Crippen LogP contribution >= 0.6 is 0 Å². The van der Waals surface area contributed by atoms with E-state index in [9.17, 15) is 8.42 Å². The molecule has 6 heteroatoms. The van der Waals surface area contributed by atoms with Crippen LogP contribution in [0.2, 0.25) is 0 Å². The van der Waals surface area contributed by atoms with Crippen molar-refractivity contribution >= 4 is 10.0 Å². The molecule has 0 spiro atoms. The SMILES string of the molecule is CN(C)C1(CNS(=O)(=O)c2ccccc2CN)CCCC1. The lowest BCUT2D eigenvalue weighted by molar-refractivity contribution is 0.162. The molecule has 0 aliphatic heterocycles. The van der Waals surface area contributed by atoms with E-state index >= 15 is 0 Å². The van der Waals surface area contributed by atoms with Crippen molar-refractivity contribution in [1.29, 1.82) is 0 Å². The van der Waals surface area contributed by atoms with Crippen LogP contribution in [-0.4, -0.2) is 39.5 Å². The predicted molar refractivity (Wildman–Crippen MR) is 84.4 cm³/mol. The molecule has 0 bridgehead atoms. The van der Waals surface area contributed by atoms with Crippen LogP contribution in [0.5, 0.6) is 0 Å². The minimum Gasteiger partial charge on any atom is -0.326 e.